The molecule has 0 nitrogen and oxygen atoms in total. The molecule has 3 aromatic rings. The first-order valence-corrected chi connectivity index (χ1v) is 11.2. The highest BCUT2D eigenvalue weighted by Crippen LogP contribution is 2.52. The summed E-state index contributed by atoms with van der Waals surface area (Å²) in [5.74, 6) is 1.24. The van der Waals surface area contributed by atoms with Gasteiger partial charge in [-0.3, -0.25) is 0 Å². The molecule has 4 rings (SSSR count). The molecule has 0 amide bonds. The summed E-state index contributed by atoms with van der Waals surface area (Å²) >= 11 is 0. The molecule has 1 heteroatoms. The summed E-state index contributed by atoms with van der Waals surface area (Å²) in [6, 6.07) is 29.6. The third kappa shape index (κ3) is 2.61. The van der Waals surface area contributed by atoms with Crippen LogP contribution in [-0.2, 0) is 16.3 Å². The number of hydrogen-bond donors (Lipinski definition) is 0. The normalized spacial score (nSPS) is 21.1. The fourth-order valence-electron chi connectivity index (χ4n) is 4.58. The van der Waals surface area contributed by atoms with E-state index >= 15 is 0 Å². The number of fused-ring (bicyclic) bond motifs is 2. The van der Waals surface area contributed by atoms with Crippen molar-refractivity contribution in [2.45, 2.75) is 48.3 Å². The summed E-state index contributed by atoms with van der Waals surface area (Å²) in [4.78, 5) is 3.12. The van der Waals surface area contributed by atoms with Gasteiger partial charge in [-0.1, -0.05) is 87.0 Å². The molecule has 26 heavy (non-hydrogen) atoms. The van der Waals surface area contributed by atoms with Crippen LogP contribution in [0.1, 0.15) is 49.8 Å². The highest BCUT2D eigenvalue weighted by atomic mass is 32.2. The second-order valence-corrected chi connectivity index (χ2v) is 9.18. The average molecular weight is 360 g/mol. The topological polar surface area (TPSA) is 0 Å². The van der Waals surface area contributed by atoms with E-state index in [1.165, 1.54) is 35.3 Å². The highest BCUT2D eigenvalue weighted by molar-refractivity contribution is 7.97. The molecular weight excluding hydrogens is 332 g/mol. The Kier molecular flexibility index (Phi) is 4.91. The predicted molar refractivity (Wildman–Crippen MR) is 113 cm³/mol. The smallest absolute Gasteiger partial charge is 0.0653 e. The first-order chi connectivity index (χ1) is 12.8. The molecule has 0 aliphatic carbocycles. The minimum atomic E-state index is -0.0273. The van der Waals surface area contributed by atoms with Gasteiger partial charge in [-0.25, -0.2) is 0 Å². The maximum atomic E-state index is 2.39. The Balaban J connectivity index is 2.08. The molecule has 0 fully saturated rings. The molecule has 0 aromatic heterocycles. The zero-order chi connectivity index (χ0) is 18.0. The molecule has 0 saturated carbocycles. The Bertz CT molecular complexity index is 834. The molecule has 0 spiro atoms. The van der Waals surface area contributed by atoms with Crippen molar-refractivity contribution < 1.29 is 0 Å². The number of benzene rings is 3. The van der Waals surface area contributed by atoms with Crippen LogP contribution in [0.2, 0.25) is 0 Å². The van der Waals surface area contributed by atoms with Gasteiger partial charge in [-0.05, 0) is 30.5 Å². The van der Waals surface area contributed by atoms with Crippen LogP contribution in [0.3, 0.4) is 0 Å². The maximum Gasteiger partial charge on any atom is 0.165 e. The van der Waals surface area contributed by atoms with E-state index in [0.717, 1.165) is 6.42 Å². The summed E-state index contributed by atoms with van der Waals surface area (Å²) < 4.78 is 0. The maximum absolute atomic E-state index is 2.39. The van der Waals surface area contributed by atoms with Gasteiger partial charge < -0.3 is 0 Å². The largest absolute Gasteiger partial charge is 0.165 e. The average Bonchev–Trinajstić information content (AvgIpc) is 2.71. The Morgan fingerprint density at radius 2 is 1.19 bits per heavy atom. The lowest BCUT2D eigenvalue weighted by atomic mass is 9.66. The van der Waals surface area contributed by atoms with Crippen molar-refractivity contribution >= 4 is 10.9 Å². The summed E-state index contributed by atoms with van der Waals surface area (Å²) in [5, 5.41) is 0. The van der Waals surface area contributed by atoms with Crippen molar-refractivity contribution in [2.24, 2.45) is 0 Å². The van der Waals surface area contributed by atoms with Gasteiger partial charge in [-0.15, -0.1) is 0 Å². The van der Waals surface area contributed by atoms with Crippen molar-refractivity contribution in [3.63, 3.8) is 0 Å². The minimum Gasteiger partial charge on any atom is -0.0653 e. The SMILES string of the molecule is CCC[S+]1c2ccccc2C(CCC)(c2ccccc2)c2ccccc21. The summed E-state index contributed by atoms with van der Waals surface area (Å²) in [5.41, 5.74) is 4.47. The van der Waals surface area contributed by atoms with Crippen LogP contribution in [0.4, 0.5) is 0 Å². The van der Waals surface area contributed by atoms with Crippen LogP contribution < -0.4 is 0 Å². The third-order valence-electron chi connectivity index (χ3n) is 5.52. The molecule has 0 unspecified atom stereocenters. The van der Waals surface area contributed by atoms with E-state index < -0.39 is 0 Å². The van der Waals surface area contributed by atoms with E-state index in [9.17, 15) is 0 Å². The second kappa shape index (κ2) is 7.32. The first kappa shape index (κ1) is 17.4. The van der Waals surface area contributed by atoms with Gasteiger partial charge in [-0.2, -0.15) is 0 Å². The zero-order valence-electron chi connectivity index (χ0n) is 15.7. The molecule has 132 valence electrons. The van der Waals surface area contributed by atoms with E-state index in [-0.39, 0.29) is 16.3 Å². The van der Waals surface area contributed by atoms with E-state index in [1.807, 2.05) is 0 Å². The van der Waals surface area contributed by atoms with Crippen molar-refractivity contribution in [3.05, 3.63) is 95.6 Å². The molecule has 0 N–H and O–H groups in total. The molecule has 1 aliphatic heterocycles. The molecule has 0 atom stereocenters. The number of rotatable bonds is 5. The van der Waals surface area contributed by atoms with E-state index in [1.54, 1.807) is 9.79 Å². The molecular formula is C25H27S+. The van der Waals surface area contributed by atoms with Crippen LogP contribution >= 0.6 is 0 Å². The van der Waals surface area contributed by atoms with E-state index in [0.29, 0.717) is 0 Å². The predicted octanol–water partition coefficient (Wildman–Crippen LogP) is 6.58. The lowest BCUT2D eigenvalue weighted by Crippen LogP contribution is -2.37. The Labute approximate surface area is 160 Å². The van der Waals surface area contributed by atoms with Gasteiger partial charge >= 0.3 is 0 Å². The second-order valence-electron chi connectivity index (χ2n) is 7.11. The van der Waals surface area contributed by atoms with Gasteiger partial charge in [0.05, 0.1) is 16.3 Å². The van der Waals surface area contributed by atoms with Crippen LogP contribution in [-0.4, -0.2) is 5.75 Å². The zero-order valence-corrected chi connectivity index (χ0v) is 16.6. The fourth-order valence-corrected chi connectivity index (χ4v) is 7.16. The lowest BCUT2D eigenvalue weighted by Gasteiger charge is -2.40. The Hall–Kier alpha value is -1.99. The van der Waals surface area contributed by atoms with Crippen molar-refractivity contribution in [1.29, 1.82) is 0 Å². The molecule has 0 saturated heterocycles. The molecule has 0 radical (unpaired) electrons. The molecule has 0 bridgehead atoms. The molecule has 1 aliphatic rings. The quantitative estimate of drug-likeness (QED) is 0.451. The molecule has 1 heterocycles. The summed E-state index contributed by atoms with van der Waals surface area (Å²) in [7, 11) is 0.181. The fraction of sp³-hybridized carbons (Fsp3) is 0.280. The van der Waals surface area contributed by atoms with E-state index in [4.69, 9.17) is 0 Å². The van der Waals surface area contributed by atoms with Gasteiger partial charge in [0, 0.05) is 11.1 Å². The Morgan fingerprint density at radius 1 is 0.654 bits per heavy atom. The van der Waals surface area contributed by atoms with Crippen molar-refractivity contribution in [2.75, 3.05) is 5.75 Å². The highest BCUT2D eigenvalue weighted by Gasteiger charge is 2.49. The summed E-state index contributed by atoms with van der Waals surface area (Å²) in [6.45, 7) is 4.62. The van der Waals surface area contributed by atoms with Crippen LogP contribution in [0.15, 0.2) is 88.7 Å². The van der Waals surface area contributed by atoms with Gasteiger partial charge in [0.2, 0.25) is 0 Å². The van der Waals surface area contributed by atoms with E-state index in [2.05, 4.69) is 92.7 Å². The van der Waals surface area contributed by atoms with Crippen LogP contribution in [0.5, 0.6) is 0 Å². The van der Waals surface area contributed by atoms with Crippen LogP contribution in [0.25, 0.3) is 0 Å². The summed E-state index contributed by atoms with van der Waals surface area (Å²) in [6.07, 6.45) is 3.53. The first-order valence-electron chi connectivity index (χ1n) is 9.78. The standard InChI is InChI=1S/C25H27S/c1-3-18-25(20-12-6-5-7-13-20)21-14-8-10-16-23(21)26(19-4-2)24-17-11-9-15-22(24)25/h5-17H,3-4,18-19H2,1-2H3/q+1. The van der Waals surface area contributed by atoms with Gasteiger partial charge in [0.1, 0.15) is 5.75 Å². The third-order valence-corrected chi connectivity index (χ3v) is 8.11. The monoisotopic (exact) mass is 359 g/mol. The molecule has 3 aromatic carbocycles. The number of hydrogen-bond acceptors (Lipinski definition) is 0. The van der Waals surface area contributed by atoms with Crippen molar-refractivity contribution in [1.82, 2.24) is 0 Å². The van der Waals surface area contributed by atoms with Crippen LogP contribution in [0, 0.1) is 0 Å². The lowest BCUT2D eigenvalue weighted by molar-refractivity contribution is 0.527. The van der Waals surface area contributed by atoms with Gasteiger partial charge in [0.25, 0.3) is 0 Å². The Morgan fingerprint density at radius 3 is 1.73 bits per heavy atom. The minimum absolute atomic E-state index is 0.0273. The van der Waals surface area contributed by atoms with Gasteiger partial charge in [0.15, 0.2) is 9.79 Å². The van der Waals surface area contributed by atoms with Crippen molar-refractivity contribution in [3.8, 4) is 0 Å².